The first-order valence-corrected chi connectivity index (χ1v) is 6.10. The van der Waals surface area contributed by atoms with Gasteiger partial charge in [0.15, 0.2) is 0 Å². The van der Waals surface area contributed by atoms with Gasteiger partial charge >= 0.3 is 0 Å². The third-order valence-corrected chi connectivity index (χ3v) is 5.86. The van der Waals surface area contributed by atoms with E-state index in [2.05, 4.69) is 47.1 Å². The molecule has 1 heteroatoms. The van der Waals surface area contributed by atoms with Crippen molar-refractivity contribution in [2.75, 3.05) is 12.5 Å². The summed E-state index contributed by atoms with van der Waals surface area (Å²) in [5, 5.41) is 0. The minimum atomic E-state index is 0.168. The average molecular weight is 162 g/mol. The quantitative estimate of drug-likeness (QED) is 0.563. The van der Waals surface area contributed by atoms with Gasteiger partial charge < -0.3 is 0 Å². The van der Waals surface area contributed by atoms with Crippen LogP contribution in [0.25, 0.3) is 0 Å². The topological polar surface area (TPSA) is 0 Å². The monoisotopic (exact) mass is 162 g/mol. The molecule has 0 atom stereocenters. The smallest absolute Gasteiger partial charge is 0.00345 e. The molecule has 0 rings (SSSR count). The SMILES string of the molecule is C[SH](C)C(C)(C)C(C)(C)C. The van der Waals surface area contributed by atoms with Crippen LogP contribution >= 0.6 is 10.9 Å². The fourth-order valence-corrected chi connectivity index (χ4v) is 2.01. The Bertz CT molecular complexity index is 106. The Morgan fingerprint density at radius 1 is 0.800 bits per heavy atom. The molecule has 0 unspecified atom stereocenters. The number of rotatable bonds is 1. The fraction of sp³-hybridized carbons (Fsp3) is 1.00. The molecule has 10 heavy (non-hydrogen) atoms. The van der Waals surface area contributed by atoms with Crippen molar-refractivity contribution in [3.8, 4) is 0 Å². The van der Waals surface area contributed by atoms with Crippen LogP contribution < -0.4 is 0 Å². The van der Waals surface area contributed by atoms with Crippen molar-refractivity contribution >= 4 is 10.9 Å². The zero-order valence-electron chi connectivity index (χ0n) is 8.45. The summed E-state index contributed by atoms with van der Waals surface area (Å²) >= 11 is 0. The summed E-state index contributed by atoms with van der Waals surface area (Å²) in [5.41, 5.74) is 0.447. The van der Waals surface area contributed by atoms with Crippen LogP contribution in [-0.2, 0) is 0 Å². The lowest BCUT2D eigenvalue weighted by Crippen LogP contribution is -2.35. The van der Waals surface area contributed by atoms with Crippen molar-refractivity contribution in [2.45, 2.75) is 39.4 Å². The second kappa shape index (κ2) is 2.77. The van der Waals surface area contributed by atoms with Crippen molar-refractivity contribution in [2.24, 2.45) is 5.41 Å². The van der Waals surface area contributed by atoms with Gasteiger partial charge in [0.2, 0.25) is 0 Å². The van der Waals surface area contributed by atoms with Gasteiger partial charge in [0.1, 0.15) is 0 Å². The number of hydrogen-bond donors (Lipinski definition) is 1. The molecule has 0 fully saturated rings. The van der Waals surface area contributed by atoms with Gasteiger partial charge in [-0.25, -0.2) is 0 Å². The molecule has 0 heterocycles. The molecular formula is C9H22S. The highest BCUT2D eigenvalue weighted by molar-refractivity contribution is 8.17. The Balaban J connectivity index is 4.40. The molecule has 0 saturated heterocycles. The van der Waals surface area contributed by atoms with Crippen molar-refractivity contribution in [1.82, 2.24) is 0 Å². The van der Waals surface area contributed by atoms with Crippen LogP contribution in [0.15, 0.2) is 0 Å². The van der Waals surface area contributed by atoms with E-state index in [1.54, 1.807) is 0 Å². The Kier molecular flexibility index (Phi) is 2.86. The van der Waals surface area contributed by atoms with E-state index in [4.69, 9.17) is 0 Å². The maximum Gasteiger partial charge on any atom is -0.00345 e. The zero-order chi connectivity index (χ0) is 8.58. The molecule has 0 nitrogen and oxygen atoms in total. The van der Waals surface area contributed by atoms with E-state index in [1.807, 2.05) is 0 Å². The molecule has 0 N–H and O–H groups in total. The first kappa shape index (κ1) is 10.3. The molecule has 0 saturated carbocycles. The van der Waals surface area contributed by atoms with E-state index in [0.717, 1.165) is 0 Å². The Labute approximate surface area is 68.7 Å². The first-order chi connectivity index (χ1) is 4.19. The van der Waals surface area contributed by atoms with Gasteiger partial charge in [0, 0.05) is 0 Å². The molecule has 0 bridgehead atoms. The highest BCUT2D eigenvalue weighted by Crippen LogP contribution is 2.46. The Morgan fingerprint density at radius 3 is 1.10 bits per heavy atom. The van der Waals surface area contributed by atoms with Crippen molar-refractivity contribution in [3.63, 3.8) is 0 Å². The molecule has 0 aromatic heterocycles. The maximum absolute atomic E-state index is 2.37. The molecule has 0 amide bonds. The Hall–Kier alpha value is 0.350. The third kappa shape index (κ3) is 1.91. The largest absolute Gasteiger partial charge is 0.254 e. The lowest BCUT2D eigenvalue weighted by molar-refractivity contribution is 0.318. The van der Waals surface area contributed by atoms with Crippen LogP contribution in [0.1, 0.15) is 34.6 Å². The highest BCUT2D eigenvalue weighted by Gasteiger charge is 2.33. The van der Waals surface area contributed by atoms with Gasteiger partial charge in [-0.15, -0.1) is 0 Å². The minimum absolute atomic E-state index is 0.168. The van der Waals surface area contributed by atoms with E-state index in [0.29, 0.717) is 10.2 Å². The molecule has 0 aliphatic rings. The van der Waals surface area contributed by atoms with E-state index in [1.165, 1.54) is 0 Å². The second-order valence-corrected chi connectivity index (χ2v) is 7.61. The van der Waals surface area contributed by atoms with Crippen molar-refractivity contribution < 1.29 is 0 Å². The van der Waals surface area contributed by atoms with E-state index in [-0.39, 0.29) is 10.9 Å². The summed E-state index contributed by atoms with van der Waals surface area (Å²) in [6.45, 7) is 11.7. The summed E-state index contributed by atoms with van der Waals surface area (Å²) in [6, 6.07) is 0. The minimum Gasteiger partial charge on any atom is -0.254 e. The zero-order valence-corrected chi connectivity index (χ0v) is 9.34. The van der Waals surface area contributed by atoms with Crippen LogP contribution in [0, 0.1) is 5.41 Å². The van der Waals surface area contributed by atoms with Gasteiger partial charge in [0.25, 0.3) is 0 Å². The molecular weight excluding hydrogens is 140 g/mol. The summed E-state index contributed by atoms with van der Waals surface area (Å²) < 4.78 is 0.502. The summed E-state index contributed by atoms with van der Waals surface area (Å²) in [7, 11) is 0.168. The third-order valence-electron chi connectivity index (χ3n) is 2.95. The molecule has 0 radical (unpaired) electrons. The first-order valence-electron chi connectivity index (χ1n) is 3.87. The molecule has 0 aromatic carbocycles. The summed E-state index contributed by atoms with van der Waals surface area (Å²) in [4.78, 5) is 0. The maximum atomic E-state index is 2.37. The van der Waals surface area contributed by atoms with Gasteiger partial charge in [-0.3, -0.25) is 10.9 Å². The number of hydrogen-bond acceptors (Lipinski definition) is 0. The molecule has 0 aliphatic heterocycles. The predicted molar refractivity (Wildman–Crippen MR) is 54.4 cm³/mol. The molecule has 0 aliphatic carbocycles. The highest BCUT2D eigenvalue weighted by atomic mass is 32.2. The van der Waals surface area contributed by atoms with Crippen LogP contribution in [0.4, 0.5) is 0 Å². The normalized spacial score (nSPS) is 15.3. The van der Waals surface area contributed by atoms with E-state index in [9.17, 15) is 0 Å². The molecule has 64 valence electrons. The van der Waals surface area contributed by atoms with Gasteiger partial charge in [0.05, 0.1) is 0 Å². The molecule has 0 spiro atoms. The standard InChI is InChI=1S/C9H22S/c1-8(2,3)9(4,5)10(6)7/h10H,1-7H3. The number of thiol groups is 1. The van der Waals surface area contributed by atoms with Crippen molar-refractivity contribution in [1.29, 1.82) is 0 Å². The van der Waals surface area contributed by atoms with Crippen LogP contribution in [0.5, 0.6) is 0 Å². The Morgan fingerprint density at radius 2 is 1.10 bits per heavy atom. The van der Waals surface area contributed by atoms with Crippen LogP contribution in [0.2, 0.25) is 0 Å². The fourth-order valence-electron chi connectivity index (χ4n) is 0.671. The molecule has 0 aromatic rings. The van der Waals surface area contributed by atoms with E-state index < -0.39 is 0 Å². The van der Waals surface area contributed by atoms with Crippen molar-refractivity contribution in [3.05, 3.63) is 0 Å². The van der Waals surface area contributed by atoms with Gasteiger partial charge in [-0.2, -0.15) is 0 Å². The average Bonchev–Trinajstić information content (AvgIpc) is 1.62. The van der Waals surface area contributed by atoms with Crippen LogP contribution in [0.3, 0.4) is 0 Å². The van der Waals surface area contributed by atoms with Gasteiger partial charge in [-0.1, -0.05) is 34.6 Å². The van der Waals surface area contributed by atoms with Gasteiger partial charge in [-0.05, 0) is 22.7 Å². The second-order valence-electron chi connectivity index (χ2n) is 4.70. The van der Waals surface area contributed by atoms with Crippen LogP contribution in [-0.4, -0.2) is 17.3 Å². The lowest BCUT2D eigenvalue weighted by atomic mass is 9.83. The van der Waals surface area contributed by atoms with E-state index >= 15 is 0 Å². The summed E-state index contributed by atoms with van der Waals surface area (Å²) in [6.07, 6.45) is 4.72. The predicted octanol–water partition coefficient (Wildman–Crippen LogP) is 3.07. The lowest BCUT2D eigenvalue weighted by Gasteiger charge is -2.44. The summed E-state index contributed by atoms with van der Waals surface area (Å²) in [5.74, 6) is 0.